The molecule has 0 spiro atoms. The highest BCUT2D eigenvalue weighted by Gasteiger charge is 2.38. The third kappa shape index (κ3) is 4.57. The number of rotatable bonds is 5. The van der Waals surface area contributed by atoms with Crippen LogP contribution in [0.2, 0.25) is 0 Å². The lowest BCUT2D eigenvalue weighted by atomic mass is 9.86. The number of thiophene rings is 1. The van der Waals surface area contributed by atoms with Crippen molar-refractivity contribution in [3.63, 3.8) is 0 Å². The fraction of sp³-hybridized carbons (Fsp3) is 0.333. The van der Waals surface area contributed by atoms with Crippen molar-refractivity contribution < 1.29 is 31.1 Å². The Labute approximate surface area is 185 Å². The zero-order chi connectivity index (χ0) is 23.0. The van der Waals surface area contributed by atoms with Gasteiger partial charge in [-0.25, -0.2) is 13.2 Å². The van der Waals surface area contributed by atoms with Gasteiger partial charge in [0.15, 0.2) is 0 Å². The van der Waals surface area contributed by atoms with E-state index in [1.165, 1.54) is 11.3 Å². The molecule has 2 aromatic carbocycles. The van der Waals surface area contributed by atoms with Crippen LogP contribution >= 0.6 is 11.3 Å². The van der Waals surface area contributed by atoms with E-state index in [1.807, 2.05) is 12.1 Å². The molecule has 170 valence electrons. The fourth-order valence-corrected chi connectivity index (χ4v) is 5.48. The smallest absolute Gasteiger partial charge is 0.374 e. The highest BCUT2D eigenvalue weighted by Crippen LogP contribution is 2.42. The Balaban J connectivity index is 1.38. The standard InChI is InChI=1S/C24H20F6OS/c1-2-13-3-8-17-20(11-13)32-23(22(17)27)15-4-6-16(7-5-15)31-12-14-9-18(25)21(19(26)10-14)24(28,29)30/h2-3,8-11,15-16H,1,4-7,12H2. The van der Waals surface area contributed by atoms with Crippen LogP contribution < -0.4 is 0 Å². The van der Waals surface area contributed by atoms with Gasteiger partial charge in [0.05, 0.1) is 12.7 Å². The van der Waals surface area contributed by atoms with E-state index in [9.17, 15) is 26.3 Å². The summed E-state index contributed by atoms with van der Waals surface area (Å²) in [4.78, 5) is 0.714. The molecule has 3 aromatic rings. The predicted octanol–water partition coefficient (Wildman–Crippen LogP) is 8.22. The highest BCUT2D eigenvalue weighted by atomic mass is 32.1. The van der Waals surface area contributed by atoms with Gasteiger partial charge in [0, 0.05) is 15.0 Å². The van der Waals surface area contributed by atoms with E-state index in [2.05, 4.69) is 6.58 Å². The van der Waals surface area contributed by atoms with Crippen LogP contribution in [0.15, 0.2) is 36.9 Å². The second-order valence-electron chi connectivity index (χ2n) is 7.96. The van der Waals surface area contributed by atoms with E-state index in [1.54, 1.807) is 12.1 Å². The minimum absolute atomic E-state index is 0.00342. The van der Waals surface area contributed by atoms with Crippen molar-refractivity contribution in [2.24, 2.45) is 0 Å². The minimum Gasteiger partial charge on any atom is -0.374 e. The molecular weight excluding hydrogens is 450 g/mol. The van der Waals surface area contributed by atoms with Gasteiger partial charge >= 0.3 is 6.18 Å². The maximum absolute atomic E-state index is 14.9. The molecule has 0 unspecified atom stereocenters. The topological polar surface area (TPSA) is 9.23 Å². The monoisotopic (exact) mass is 470 g/mol. The first-order valence-electron chi connectivity index (χ1n) is 10.2. The summed E-state index contributed by atoms with van der Waals surface area (Å²) in [7, 11) is 0. The molecule has 1 aliphatic rings. The lowest BCUT2D eigenvalue weighted by molar-refractivity contribution is -0.142. The summed E-state index contributed by atoms with van der Waals surface area (Å²) in [6.45, 7) is 3.54. The molecule has 0 amide bonds. The van der Waals surface area contributed by atoms with Gasteiger partial charge in [-0.2, -0.15) is 13.2 Å². The average molecular weight is 470 g/mol. The number of alkyl halides is 3. The Hall–Kier alpha value is -2.32. The van der Waals surface area contributed by atoms with Gasteiger partial charge in [0.2, 0.25) is 0 Å². The summed E-state index contributed by atoms with van der Waals surface area (Å²) >= 11 is 1.44. The lowest BCUT2D eigenvalue weighted by Gasteiger charge is -2.28. The summed E-state index contributed by atoms with van der Waals surface area (Å²) in [6, 6.07) is 6.81. The van der Waals surface area contributed by atoms with Crippen molar-refractivity contribution >= 4 is 27.5 Å². The molecule has 0 bridgehead atoms. The molecule has 8 heteroatoms. The molecular formula is C24H20F6OS. The van der Waals surface area contributed by atoms with E-state index < -0.39 is 23.4 Å². The van der Waals surface area contributed by atoms with Gasteiger partial charge in [-0.05, 0) is 67.0 Å². The molecule has 0 atom stereocenters. The summed E-state index contributed by atoms with van der Waals surface area (Å²) in [5, 5.41) is 0.598. The Kier molecular flexibility index (Phi) is 6.36. The molecule has 0 saturated heterocycles. The Morgan fingerprint density at radius 1 is 1.00 bits per heavy atom. The van der Waals surface area contributed by atoms with Gasteiger partial charge < -0.3 is 4.74 Å². The maximum atomic E-state index is 14.9. The van der Waals surface area contributed by atoms with Crippen LogP contribution in [0, 0.1) is 17.5 Å². The van der Waals surface area contributed by atoms with Crippen molar-refractivity contribution in [3.05, 3.63) is 75.9 Å². The van der Waals surface area contributed by atoms with Gasteiger partial charge in [0.1, 0.15) is 23.0 Å². The van der Waals surface area contributed by atoms with Gasteiger partial charge in [-0.15, -0.1) is 11.3 Å². The first kappa shape index (κ1) is 22.9. The number of halogens is 6. The van der Waals surface area contributed by atoms with Crippen molar-refractivity contribution in [3.8, 4) is 0 Å². The van der Waals surface area contributed by atoms with Gasteiger partial charge in [-0.1, -0.05) is 18.7 Å². The number of ether oxygens (including phenoxy) is 1. The quantitative estimate of drug-likeness (QED) is 0.341. The van der Waals surface area contributed by atoms with Crippen molar-refractivity contribution in [1.82, 2.24) is 0 Å². The van der Waals surface area contributed by atoms with E-state index in [0.29, 0.717) is 48.1 Å². The maximum Gasteiger partial charge on any atom is 0.422 e. The number of benzene rings is 2. The lowest BCUT2D eigenvalue weighted by Crippen LogP contribution is -2.21. The third-order valence-electron chi connectivity index (χ3n) is 5.83. The van der Waals surface area contributed by atoms with Gasteiger partial charge in [0.25, 0.3) is 0 Å². The van der Waals surface area contributed by atoms with Crippen LogP contribution in [0.3, 0.4) is 0 Å². The molecule has 1 aliphatic carbocycles. The fourth-order valence-electron chi connectivity index (χ4n) is 4.18. The Morgan fingerprint density at radius 3 is 2.25 bits per heavy atom. The highest BCUT2D eigenvalue weighted by molar-refractivity contribution is 7.19. The zero-order valence-electron chi connectivity index (χ0n) is 16.9. The summed E-state index contributed by atoms with van der Waals surface area (Å²) in [5.41, 5.74) is -0.963. The van der Waals surface area contributed by atoms with E-state index in [-0.39, 0.29) is 30.0 Å². The number of fused-ring (bicyclic) bond motifs is 1. The van der Waals surface area contributed by atoms with Crippen LogP contribution in [-0.4, -0.2) is 6.10 Å². The molecule has 1 nitrogen and oxygen atoms in total. The molecule has 0 N–H and O–H groups in total. The number of hydrogen-bond acceptors (Lipinski definition) is 2. The Bertz CT molecular complexity index is 1120. The first-order chi connectivity index (χ1) is 15.2. The average Bonchev–Trinajstić information content (AvgIpc) is 3.07. The predicted molar refractivity (Wildman–Crippen MR) is 113 cm³/mol. The van der Waals surface area contributed by atoms with Crippen molar-refractivity contribution in [2.75, 3.05) is 0 Å². The second-order valence-corrected chi connectivity index (χ2v) is 9.04. The molecule has 0 radical (unpaired) electrons. The molecule has 32 heavy (non-hydrogen) atoms. The summed E-state index contributed by atoms with van der Waals surface area (Å²) in [5.74, 6) is -3.44. The van der Waals surface area contributed by atoms with E-state index in [0.717, 1.165) is 10.3 Å². The molecule has 0 aliphatic heterocycles. The molecule has 4 rings (SSSR count). The van der Waals surface area contributed by atoms with Crippen LogP contribution in [0.4, 0.5) is 26.3 Å². The summed E-state index contributed by atoms with van der Waals surface area (Å²) in [6.07, 6.45) is -0.945. The van der Waals surface area contributed by atoms with Crippen LogP contribution in [0.5, 0.6) is 0 Å². The summed E-state index contributed by atoms with van der Waals surface area (Å²) < 4.78 is 87.0. The van der Waals surface area contributed by atoms with Crippen LogP contribution in [0.25, 0.3) is 16.2 Å². The van der Waals surface area contributed by atoms with Crippen molar-refractivity contribution in [2.45, 2.75) is 50.5 Å². The van der Waals surface area contributed by atoms with Gasteiger partial charge in [-0.3, -0.25) is 0 Å². The molecule has 1 aromatic heterocycles. The number of hydrogen-bond donors (Lipinski definition) is 0. The SMILES string of the molecule is C=Cc1ccc2c(F)c(C3CCC(OCc4cc(F)c(C(F)(F)F)c(F)c4)CC3)sc2c1. The third-order valence-corrected chi connectivity index (χ3v) is 7.12. The molecule has 1 saturated carbocycles. The Morgan fingerprint density at radius 2 is 1.66 bits per heavy atom. The largest absolute Gasteiger partial charge is 0.422 e. The molecule has 1 fully saturated rings. The first-order valence-corrected chi connectivity index (χ1v) is 11.0. The van der Waals surface area contributed by atoms with Crippen LogP contribution in [0.1, 0.15) is 53.2 Å². The second kappa shape index (κ2) is 8.90. The van der Waals surface area contributed by atoms with Crippen molar-refractivity contribution in [1.29, 1.82) is 0 Å². The zero-order valence-corrected chi connectivity index (χ0v) is 17.8. The van der Waals surface area contributed by atoms with E-state index in [4.69, 9.17) is 4.74 Å². The minimum atomic E-state index is -5.10. The van der Waals surface area contributed by atoms with Crippen LogP contribution in [-0.2, 0) is 17.5 Å². The van der Waals surface area contributed by atoms with E-state index >= 15 is 0 Å². The molecule has 1 heterocycles. The normalized spacial score (nSPS) is 19.4.